The third kappa shape index (κ3) is 6.80. The summed E-state index contributed by atoms with van der Waals surface area (Å²) >= 11 is 17.7. The molecule has 2 aromatic heterocycles. The highest BCUT2D eigenvalue weighted by Gasteiger charge is 2.25. The van der Waals surface area contributed by atoms with Gasteiger partial charge in [-0.05, 0) is 60.1 Å². The molecule has 0 aliphatic carbocycles. The maximum absolute atomic E-state index is 13.2. The maximum atomic E-state index is 13.2. The number of H-pyrrole nitrogens is 1. The molecule has 7 nitrogen and oxygen atoms in total. The zero-order valence-electron chi connectivity index (χ0n) is 19.9. The number of hydrogen-bond acceptors (Lipinski definition) is 5. The topological polar surface area (TPSA) is 91.7 Å². The lowest BCUT2D eigenvalue weighted by Crippen LogP contribution is -2.31. The summed E-state index contributed by atoms with van der Waals surface area (Å²) in [4.78, 5) is 16.5. The summed E-state index contributed by atoms with van der Waals surface area (Å²) in [5.74, 6) is 0.309. The number of carbonyl (C=O) groups is 1. The van der Waals surface area contributed by atoms with Gasteiger partial charge in [-0.25, -0.2) is 4.79 Å². The lowest BCUT2D eigenvalue weighted by atomic mass is 9.98. The molecule has 0 radical (unpaired) electrons. The van der Waals surface area contributed by atoms with E-state index in [0.717, 1.165) is 16.9 Å². The number of halogens is 2. The van der Waals surface area contributed by atoms with E-state index in [1.165, 1.54) is 0 Å². The quantitative estimate of drug-likeness (QED) is 0.0966. The van der Waals surface area contributed by atoms with Crippen molar-refractivity contribution in [2.45, 2.75) is 19.9 Å². The van der Waals surface area contributed by atoms with Crippen LogP contribution in [0, 0.1) is 0 Å². The molecule has 4 aromatic rings. The van der Waals surface area contributed by atoms with E-state index < -0.39 is 5.97 Å². The van der Waals surface area contributed by atoms with Crippen LogP contribution in [0.25, 0.3) is 11.3 Å². The van der Waals surface area contributed by atoms with Gasteiger partial charge in [-0.1, -0.05) is 59.6 Å². The number of nitrogens with one attached hydrogen (secondary N) is 3. The van der Waals surface area contributed by atoms with Crippen molar-refractivity contribution in [2.24, 2.45) is 5.10 Å². The Morgan fingerprint density at radius 2 is 1.95 bits per heavy atom. The van der Waals surface area contributed by atoms with E-state index >= 15 is 0 Å². The van der Waals surface area contributed by atoms with E-state index in [2.05, 4.69) is 20.8 Å². The van der Waals surface area contributed by atoms with Gasteiger partial charge in [0.15, 0.2) is 5.11 Å². The molecule has 0 spiro atoms. The van der Waals surface area contributed by atoms with E-state index in [4.69, 9.17) is 44.6 Å². The molecule has 0 saturated carbocycles. The van der Waals surface area contributed by atoms with Crippen LogP contribution in [0.1, 0.15) is 39.9 Å². The minimum Gasteiger partial charge on any atom is -0.467 e. The van der Waals surface area contributed by atoms with Crippen LogP contribution in [0.3, 0.4) is 0 Å². The summed E-state index contributed by atoms with van der Waals surface area (Å²) in [5, 5.41) is 8.51. The lowest BCUT2D eigenvalue weighted by Gasteiger charge is -2.09. The first-order valence-electron chi connectivity index (χ1n) is 11.5. The fraction of sp³-hybridized carbons (Fsp3) is 0.148. The molecule has 0 saturated heterocycles. The standard InChI is InChI=1S/C27H24Cl2N4O3S/c1-2-35-26(34)24-20(13-17-10-11-21(28)22(29)14-17)23(32-25(24)18-7-4-3-5-8-18)16-31-33-27(37)30-15-19-9-6-12-36-19/h3-12,14,16,32H,2,13,15H2,1H3,(H2,30,33,37)/b31-16-. The number of esters is 1. The van der Waals surface area contributed by atoms with Crippen molar-refractivity contribution in [3.8, 4) is 11.3 Å². The van der Waals surface area contributed by atoms with E-state index in [-0.39, 0.29) is 6.61 Å². The van der Waals surface area contributed by atoms with E-state index in [0.29, 0.717) is 50.6 Å². The first kappa shape index (κ1) is 26.5. The van der Waals surface area contributed by atoms with Gasteiger partial charge in [0.25, 0.3) is 0 Å². The molecular formula is C27H24Cl2N4O3S. The second-order valence-electron chi connectivity index (χ2n) is 7.91. The van der Waals surface area contributed by atoms with Crippen molar-refractivity contribution in [3.63, 3.8) is 0 Å². The molecule has 0 aliphatic rings. The lowest BCUT2D eigenvalue weighted by molar-refractivity contribution is 0.0526. The minimum atomic E-state index is -0.434. The van der Waals surface area contributed by atoms with E-state index in [1.54, 1.807) is 37.6 Å². The van der Waals surface area contributed by atoms with Crippen LogP contribution < -0.4 is 10.7 Å². The number of carbonyl (C=O) groups excluding carboxylic acids is 1. The third-order valence-corrected chi connectivity index (χ3v) is 6.38. The van der Waals surface area contributed by atoms with Gasteiger partial charge in [-0.3, -0.25) is 5.43 Å². The van der Waals surface area contributed by atoms with Crippen LogP contribution in [0.5, 0.6) is 0 Å². The van der Waals surface area contributed by atoms with Gasteiger partial charge in [0.2, 0.25) is 0 Å². The van der Waals surface area contributed by atoms with Gasteiger partial charge < -0.3 is 19.5 Å². The second-order valence-corrected chi connectivity index (χ2v) is 9.13. The average Bonchev–Trinajstić information content (AvgIpc) is 3.54. The molecule has 2 heterocycles. The SMILES string of the molecule is CCOC(=O)c1c(-c2ccccc2)[nH]c(/C=N\NC(=S)NCc2ccco2)c1Cc1ccc(Cl)c(Cl)c1. The average molecular weight is 555 g/mol. The number of aromatic nitrogens is 1. The van der Waals surface area contributed by atoms with Crippen molar-refractivity contribution >= 4 is 52.7 Å². The van der Waals surface area contributed by atoms with Gasteiger partial charge in [0.05, 0.1) is 52.6 Å². The van der Waals surface area contributed by atoms with Gasteiger partial charge in [0.1, 0.15) is 5.76 Å². The molecule has 0 amide bonds. The zero-order valence-corrected chi connectivity index (χ0v) is 22.2. The van der Waals surface area contributed by atoms with Crippen molar-refractivity contribution in [2.75, 3.05) is 6.61 Å². The Kier molecular flexibility index (Phi) is 9.00. The monoisotopic (exact) mass is 554 g/mol. The zero-order chi connectivity index (χ0) is 26.2. The van der Waals surface area contributed by atoms with Crippen LogP contribution in [0.15, 0.2) is 76.4 Å². The Morgan fingerprint density at radius 3 is 2.65 bits per heavy atom. The molecular weight excluding hydrogens is 531 g/mol. The molecule has 0 atom stereocenters. The van der Waals surface area contributed by atoms with Crippen LogP contribution in [0.2, 0.25) is 10.0 Å². The van der Waals surface area contributed by atoms with Gasteiger partial charge in [0, 0.05) is 6.42 Å². The number of furan rings is 1. The summed E-state index contributed by atoms with van der Waals surface area (Å²) in [5.41, 5.74) is 6.89. The number of hydrazone groups is 1. The fourth-order valence-electron chi connectivity index (χ4n) is 3.73. The molecule has 0 bridgehead atoms. The van der Waals surface area contributed by atoms with Crippen molar-refractivity contribution in [3.05, 3.63) is 105 Å². The largest absolute Gasteiger partial charge is 0.467 e. The molecule has 190 valence electrons. The molecule has 0 fully saturated rings. The number of thiocarbonyl (C=S) groups is 1. The highest BCUT2D eigenvalue weighted by molar-refractivity contribution is 7.80. The third-order valence-electron chi connectivity index (χ3n) is 5.41. The predicted octanol–water partition coefficient (Wildman–Crippen LogP) is 6.35. The smallest absolute Gasteiger partial charge is 0.340 e. The Bertz CT molecular complexity index is 1400. The normalized spacial score (nSPS) is 11.0. The first-order valence-corrected chi connectivity index (χ1v) is 12.6. The predicted molar refractivity (Wildman–Crippen MR) is 150 cm³/mol. The maximum Gasteiger partial charge on any atom is 0.340 e. The summed E-state index contributed by atoms with van der Waals surface area (Å²) in [7, 11) is 0. The Hall–Kier alpha value is -3.59. The van der Waals surface area contributed by atoms with Gasteiger partial charge in [-0.2, -0.15) is 5.10 Å². The van der Waals surface area contributed by atoms with Crippen molar-refractivity contribution in [1.82, 2.24) is 15.7 Å². The van der Waals surface area contributed by atoms with E-state index in [9.17, 15) is 4.79 Å². The Labute approximate surface area is 229 Å². The Morgan fingerprint density at radius 1 is 1.14 bits per heavy atom. The summed E-state index contributed by atoms with van der Waals surface area (Å²) in [6.45, 7) is 2.43. The number of aromatic amines is 1. The van der Waals surface area contributed by atoms with Crippen molar-refractivity contribution < 1.29 is 13.9 Å². The number of rotatable bonds is 9. The minimum absolute atomic E-state index is 0.241. The number of ether oxygens (including phenoxy) is 1. The molecule has 10 heteroatoms. The molecule has 4 rings (SSSR count). The van der Waals surface area contributed by atoms with Crippen LogP contribution >= 0.6 is 35.4 Å². The van der Waals surface area contributed by atoms with E-state index in [1.807, 2.05) is 42.5 Å². The first-order chi connectivity index (χ1) is 18.0. The summed E-state index contributed by atoms with van der Waals surface area (Å²) < 4.78 is 10.7. The van der Waals surface area contributed by atoms with Crippen LogP contribution in [-0.2, 0) is 17.7 Å². The van der Waals surface area contributed by atoms with Crippen molar-refractivity contribution in [1.29, 1.82) is 0 Å². The second kappa shape index (κ2) is 12.6. The number of nitrogens with zero attached hydrogens (tertiary/aromatic N) is 1. The molecule has 2 aromatic carbocycles. The molecule has 0 unspecified atom stereocenters. The molecule has 0 aliphatic heterocycles. The summed E-state index contributed by atoms with van der Waals surface area (Å²) in [6, 6.07) is 18.6. The fourth-order valence-corrected chi connectivity index (χ4v) is 4.18. The highest BCUT2D eigenvalue weighted by Crippen LogP contribution is 2.32. The van der Waals surface area contributed by atoms with Gasteiger partial charge in [-0.15, -0.1) is 0 Å². The molecule has 3 N–H and O–H groups in total. The highest BCUT2D eigenvalue weighted by atomic mass is 35.5. The Balaban J connectivity index is 1.68. The molecule has 37 heavy (non-hydrogen) atoms. The van der Waals surface area contributed by atoms with Crippen LogP contribution in [0.4, 0.5) is 0 Å². The number of hydrogen-bond donors (Lipinski definition) is 3. The number of benzene rings is 2. The van der Waals surface area contributed by atoms with Gasteiger partial charge >= 0.3 is 5.97 Å². The summed E-state index contributed by atoms with van der Waals surface area (Å²) in [6.07, 6.45) is 3.57. The van der Waals surface area contributed by atoms with Crippen LogP contribution in [-0.4, -0.2) is 28.9 Å².